The van der Waals surface area contributed by atoms with E-state index in [9.17, 15) is 5.11 Å². The highest BCUT2D eigenvalue weighted by Crippen LogP contribution is 2.40. The summed E-state index contributed by atoms with van der Waals surface area (Å²) in [5, 5.41) is 10.1. The van der Waals surface area contributed by atoms with Crippen molar-refractivity contribution in [3.8, 4) is 0 Å². The van der Waals surface area contributed by atoms with E-state index >= 15 is 0 Å². The molecule has 0 aromatic heterocycles. The van der Waals surface area contributed by atoms with Crippen molar-refractivity contribution in [2.45, 2.75) is 31.3 Å². The fraction of sp³-hybridized carbons (Fsp3) is 0.385. The monoisotopic (exact) mass is 188 g/mol. The predicted molar refractivity (Wildman–Crippen MR) is 58.1 cm³/mol. The molecule has 1 fully saturated rings. The van der Waals surface area contributed by atoms with Gasteiger partial charge in [-0.25, -0.2) is 0 Å². The summed E-state index contributed by atoms with van der Waals surface area (Å²) in [4.78, 5) is 0. The van der Waals surface area contributed by atoms with Crippen LogP contribution in [0.15, 0.2) is 36.9 Å². The van der Waals surface area contributed by atoms with E-state index in [-0.39, 0.29) is 0 Å². The number of hydrogen-bond acceptors (Lipinski definition) is 1. The Balaban J connectivity index is 2.17. The molecule has 0 bridgehead atoms. The molecule has 1 aromatic carbocycles. The summed E-state index contributed by atoms with van der Waals surface area (Å²) in [5.41, 5.74) is 1.80. The van der Waals surface area contributed by atoms with Gasteiger partial charge in [-0.15, -0.1) is 6.58 Å². The summed E-state index contributed by atoms with van der Waals surface area (Å²) < 4.78 is 0. The van der Waals surface area contributed by atoms with Gasteiger partial charge in [-0.05, 0) is 36.8 Å². The molecule has 1 aliphatic rings. The van der Waals surface area contributed by atoms with Gasteiger partial charge >= 0.3 is 0 Å². The van der Waals surface area contributed by atoms with Gasteiger partial charge in [-0.1, -0.05) is 30.3 Å². The molecule has 1 aliphatic carbocycles. The minimum Gasteiger partial charge on any atom is -0.385 e. The van der Waals surface area contributed by atoms with E-state index in [1.807, 2.05) is 18.2 Å². The third-order valence-corrected chi connectivity index (χ3v) is 3.05. The first-order valence-corrected chi connectivity index (χ1v) is 5.17. The van der Waals surface area contributed by atoms with Gasteiger partial charge in [0.2, 0.25) is 0 Å². The van der Waals surface area contributed by atoms with Gasteiger partial charge in [-0.2, -0.15) is 0 Å². The topological polar surface area (TPSA) is 20.2 Å². The molecule has 0 saturated heterocycles. The molecule has 1 nitrogen and oxygen atoms in total. The van der Waals surface area contributed by atoms with Gasteiger partial charge < -0.3 is 5.11 Å². The Labute approximate surface area is 85.1 Å². The lowest BCUT2D eigenvalue weighted by Crippen LogP contribution is -2.33. The fourth-order valence-corrected chi connectivity index (χ4v) is 1.92. The first-order chi connectivity index (χ1) is 6.74. The molecule has 0 amide bonds. The zero-order valence-electron chi connectivity index (χ0n) is 8.37. The van der Waals surface area contributed by atoms with Crippen LogP contribution in [0.2, 0.25) is 0 Å². The second kappa shape index (κ2) is 3.58. The Morgan fingerprint density at radius 2 is 1.93 bits per heavy atom. The Hall–Kier alpha value is -1.08. The van der Waals surface area contributed by atoms with E-state index in [0.717, 1.165) is 31.2 Å². The SMILES string of the molecule is C=CCc1ccc(C2(O)CCC2)cc1. The maximum Gasteiger partial charge on any atom is 0.0896 e. The molecular formula is C13H16O. The van der Waals surface area contributed by atoms with Crippen LogP contribution in [0, 0.1) is 0 Å². The van der Waals surface area contributed by atoms with Crippen LogP contribution in [0.25, 0.3) is 0 Å². The number of rotatable bonds is 3. The van der Waals surface area contributed by atoms with Crippen LogP contribution in [0.4, 0.5) is 0 Å². The normalized spacial score (nSPS) is 18.6. The zero-order chi connectivity index (χ0) is 10.0. The fourth-order valence-electron chi connectivity index (χ4n) is 1.92. The van der Waals surface area contributed by atoms with E-state index in [1.165, 1.54) is 5.56 Å². The van der Waals surface area contributed by atoms with Crippen molar-refractivity contribution in [3.63, 3.8) is 0 Å². The molecule has 0 heterocycles. The molecule has 1 heteroatoms. The Kier molecular flexibility index (Phi) is 2.42. The summed E-state index contributed by atoms with van der Waals surface area (Å²) >= 11 is 0. The molecular weight excluding hydrogens is 172 g/mol. The molecule has 74 valence electrons. The average Bonchev–Trinajstić information content (AvgIpc) is 2.16. The van der Waals surface area contributed by atoms with Gasteiger partial charge in [0.05, 0.1) is 5.60 Å². The molecule has 0 radical (unpaired) electrons. The molecule has 1 saturated carbocycles. The van der Waals surface area contributed by atoms with Gasteiger partial charge in [-0.3, -0.25) is 0 Å². The Bertz CT molecular complexity index is 320. The first-order valence-electron chi connectivity index (χ1n) is 5.17. The number of allylic oxidation sites excluding steroid dienone is 1. The highest BCUT2D eigenvalue weighted by Gasteiger charge is 2.35. The summed E-state index contributed by atoms with van der Waals surface area (Å²) in [6.07, 6.45) is 5.76. The highest BCUT2D eigenvalue weighted by atomic mass is 16.3. The van der Waals surface area contributed by atoms with Crippen molar-refractivity contribution in [1.29, 1.82) is 0 Å². The van der Waals surface area contributed by atoms with Crippen molar-refractivity contribution >= 4 is 0 Å². The van der Waals surface area contributed by atoms with Crippen molar-refractivity contribution < 1.29 is 5.11 Å². The van der Waals surface area contributed by atoms with Crippen molar-refractivity contribution in [2.75, 3.05) is 0 Å². The van der Waals surface area contributed by atoms with Crippen molar-refractivity contribution in [3.05, 3.63) is 48.0 Å². The molecule has 14 heavy (non-hydrogen) atoms. The van der Waals surface area contributed by atoms with Gasteiger partial charge in [0.1, 0.15) is 0 Å². The quantitative estimate of drug-likeness (QED) is 0.723. The Morgan fingerprint density at radius 3 is 2.36 bits per heavy atom. The highest BCUT2D eigenvalue weighted by molar-refractivity contribution is 5.29. The Morgan fingerprint density at radius 1 is 1.29 bits per heavy atom. The van der Waals surface area contributed by atoms with Crippen LogP contribution in [-0.4, -0.2) is 5.11 Å². The van der Waals surface area contributed by atoms with Crippen LogP contribution in [0.1, 0.15) is 30.4 Å². The van der Waals surface area contributed by atoms with Crippen LogP contribution in [0.5, 0.6) is 0 Å². The predicted octanol–water partition coefficient (Wildman–Crippen LogP) is 2.79. The third-order valence-electron chi connectivity index (χ3n) is 3.05. The van der Waals surface area contributed by atoms with Crippen LogP contribution >= 0.6 is 0 Å². The lowest BCUT2D eigenvalue weighted by atomic mass is 9.75. The van der Waals surface area contributed by atoms with E-state index in [0.29, 0.717) is 0 Å². The second-order valence-electron chi connectivity index (χ2n) is 4.07. The van der Waals surface area contributed by atoms with E-state index in [1.54, 1.807) is 0 Å². The largest absolute Gasteiger partial charge is 0.385 e. The molecule has 1 N–H and O–H groups in total. The zero-order valence-corrected chi connectivity index (χ0v) is 8.37. The van der Waals surface area contributed by atoms with Gasteiger partial charge in [0.15, 0.2) is 0 Å². The van der Waals surface area contributed by atoms with Gasteiger partial charge in [0.25, 0.3) is 0 Å². The lowest BCUT2D eigenvalue weighted by molar-refractivity contribution is -0.0388. The van der Waals surface area contributed by atoms with Gasteiger partial charge in [0, 0.05) is 0 Å². The molecule has 0 unspecified atom stereocenters. The number of aliphatic hydroxyl groups is 1. The lowest BCUT2D eigenvalue weighted by Gasteiger charge is -2.37. The summed E-state index contributed by atoms with van der Waals surface area (Å²) in [6.45, 7) is 3.71. The summed E-state index contributed by atoms with van der Waals surface area (Å²) in [5.74, 6) is 0. The maximum atomic E-state index is 10.1. The van der Waals surface area contributed by atoms with E-state index in [4.69, 9.17) is 0 Å². The standard InChI is InChI=1S/C13H16O/c1-2-4-11-5-7-12(8-6-11)13(14)9-3-10-13/h2,5-8,14H,1,3-4,9-10H2. The average molecular weight is 188 g/mol. The smallest absolute Gasteiger partial charge is 0.0896 e. The van der Waals surface area contributed by atoms with Crippen LogP contribution in [-0.2, 0) is 12.0 Å². The molecule has 0 spiro atoms. The summed E-state index contributed by atoms with van der Waals surface area (Å²) in [7, 11) is 0. The van der Waals surface area contributed by atoms with Crippen molar-refractivity contribution in [2.24, 2.45) is 0 Å². The summed E-state index contributed by atoms with van der Waals surface area (Å²) in [6, 6.07) is 8.23. The second-order valence-corrected chi connectivity index (χ2v) is 4.07. The molecule has 1 aromatic rings. The number of benzene rings is 1. The minimum absolute atomic E-state index is 0.521. The molecule has 2 rings (SSSR count). The number of hydrogen-bond donors (Lipinski definition) is 1. The molecule has 0 atom stereocenters. The van der Waals surface area contributed by atoms with E-state index in [2.05, 4.69) is 18.7 Å². The minimum atomic E-state index is -0.521. The molecule has 0 aliphatic heterocycles. The third kappa shape index (κ3) is 1.60. The van der Waals surface area contributed by atoms with Crippen LogP contribution < -0.4 is 0 Å². The maximum absolute atomic E-state index is 10.1. The van der Waals surface area contributed by atoms with E-state index < -0.39 is 5.60 Å². The first kappa shape index (κ1) is 9.47. The van der Waals surface area contributed by atoms with Crippen LogP contribution in [0.3, 0.4) is 0 Å². The van der Waals surface area contributed by atoms with Crippen molar-refractivity contribution in [1.82, 2.24) is 0 Å².